The Kier molecular flexibility index (Phi) is 10.3. The molecule has 50 heavy (non-hydrogen) atoms. The van der Waals surface area contributed by atoms with Crippen molar-refractivity contribution in [2.24, 2.45) is 5.41 Å². The van der Waals surface area contributed by atoms with Crippen molar-refractivity contribution in [2.75, 3.05) is 51.5 Å². The predicted octanol–water partition coefficient (Wildman–Crippen LogP) is 5.07. The number of ether oxygens (including phenoxy) is 3. The number of methoxy groups -OCH3 is 1. The van der Waals surface area contributed by atoms with Gasteiger partial charge in [0.2, 0.25) is 5.88 Å². The number of benzene rings is 2. The molecule has 0 spiro atoms. The number of aromatic nitrogens is 3. The Bertz CT molecular complexity index is 1900. The van der Waals surface area contributed by atoms with Gasteiger partial charge < -0.3 is 39.7 Å². The zero-order valence-corrected chi connectivity index (χ0v) is 29.3. The van der Waals surface area contributed by atoms with Gasteiger partial charge in [-0.2, -0.15) is 9.97 Å². The summed E-state index contributed by atoms with van der Waals surface area (Å²) in [5.74, 6) is -1.25. The summed E-state index contributed by atoms with van der Waals surface area (Å²) >= 11 is 0. The molecule has 3 fully saturated rings. The fourth-order valence-corrected chi connectivity index (χ4v) is 8.07. The van der Waals surface area contributed by atoms with Crippen molar-refractivity contribution in [1.82, 2.24) is 20.3 Å². The summed E-state index contributed by atoms with van der Waals surface area (Å²) in [4.78, 5) is 15.7. The van der Waals surface area contributed by atoms with Crippen molar-refractivity contribution in [1.29, 1.82) is 0 Å². The van der Waals surface area contributed by atoms with Crippen molar-refractivity contribution < 1.29 is 38.3 Å². The summed E-state index contributed by atoms with van der Waals surface area (Å²) in [7, 11) is 1.39. The lowest BCUT2D eigenvalue weighted by atomic mass is 9.76. The summed E-state index contributed by atoms with van der Waals surface area (Å²) in [6, 6.07) is 5.98. The van der Waals surface area contributed by atoms with Crippen LogP contribution >= 0.6 is 12.4 Å². The number of hydrogen-bond acceptors (Lipinski definition) is 11. The fourth-order valence-electron chi connectivity index (χ4n) is 8.07. The zero-order chi connectivity index (χ0) is 34.5. The standard InChI is InChI=1S/C36H43F2N5O6.ClH/c1-4-23-25(37)9-8-20-13-21(45)14-24(27(20)23)30-29(38)31-28(33(40-30)47-3)32(43-15-22(16-44)48-18-35(2,46)17-43)42-34(41-31)49-19-36-10-5-7-26(36)39-12-6-11-36;/h8-9,13-14,22,26,39,44-46H,4-7,10-12,15-19H2,1-3H3;1H/t22-,26-,35+,36-;/m1./s1. The topological polar surface area (TPSA) is 142 Å². The van der Waals surface area contributed by atoms with Crippen LogP contribution in [0.4, 0.5) is 14.6 Å². The van der Waals surface area contributed by atoms with Crippen molar-refractivity contribution in [3.8, 4) is 28.9 Å². The summed E-state index contributed by atoms with van der Waals surface area (Å²) in [6.45, 7) is 4.52. The summed E-state index contributed by atoms with van der Waals surface area (Å²) in [5, 5.41) is 36.7. The molecule has 3 aliphatic rings. The van der Waals surface area contributed by atoms with Gasteiger partial charge in [0.15, 0.2) is 5.82 Å². The smallest absolute Gasteiger partial charge is 0.319 e. The Morgan fingerprint density at radius 2 is 1.92 bits per heavy atom. The first-order valence-corrected chi connectivity index (χ1v) is 17.0. The van der Waals surface area contributed by atoms with E-state index in [4.69, 9.17) is 19.2 Å². The maximum absolute atomic E-state index is 17.2. The van der Waals surface area contributed by atoms with E-state index < -0.39 is 23.3 Å². The van der Waals surface area contributed by atoms with Crippen LogP contribution in [0.1, 0.15) is 51.5 Å². The molecule has 0 bridgehead atoms. The molecule has 2 aromatic heterocycles. The van der Waals surface area contributed by atoms with Crippen LogP contribution < -0.4 is 19.7 Å². The SMILES string of the molecule is CCc1c(F)ccc2cc(O)cc(-c3nc(OC)c4c(N5C[C@H](CO)OC[C@@](C)(O)C5)nc(OC[C@@]56CCCN[C@@H]5CCC6)nc4c3F)c12.Cl. The average molecular weight is 716 g/mol. The van der Waals surface area contributed by atoms with Crippen molar-refractivity contribution in [2.45, 2.75) is 70.1 Å². The van der Waals surface area contributed by atoms with Crippen LogP contribution in [-0.2, 0) is 11.2 Å². The third-order valence-electron chi connectivity index (χ3n) is 10.4. The van der Waals surface area contributed by atoms with Gasteiger partial charge in [0.25, 0.3) is 0 Å². The molecular weight excluding hydrogens is 672 g/mol. The first kappa shape index (κ1) is 36.2. The molecule has 11 nitrogen and oxygen atoms in total. The third kappa shape index (κ3) is 6.50. The van der Waals surface area contributed by atoms with Gasteiger partial charge in [0.1, 0.15) is 39.6 Å². The number of β-amino-alcohol motifs (C(OH)–C–C–N with tert-alkyl or cyclic N) is 1. The van der Waals surface area contributed by atoms with Gasteiger partial charge in [-0.1, -0.05) is 19.4 Å². The van der Waals surface area contributed by atoms with E-state index in [1.54, 1.807) is 18.7 Å². The Hall–Kier alpha value is -3.62. The number of piperidine rings is 1. The largest absolute Gasteiger partial charge is 0.508 e. The van der Waals surface area contributed by atoms with Gasteiger partial charge >= 0.3 is 6.01 Å². The molecule has 0 unspecified atom stereocenters. The van der Waals surface area contributed by atoms with Gasteiger partial charge in [0, 0.05) is 23.6 Å². The molecule has 1 saturated carbocycles. The molecule has 2 aromatic carbocycles. The second-order valence-electron chi connectivity index (χ2n) is 14.0. The average Bonchev–Trinajstić information content (AvgIpc) is 3.45. The van der Waals surface area contributed by atoms with E-state index in [1.807, 2.05) is 0 Å². The van der Waals surface area contributed by atoms with Crippen LogP contribution in [0.15, 0.2) is 24.3 Å². The summed E-state index contributed by atoms with van der Waals surface area (Å²) in [5.41, 5.74) is -1.24. The zero-order valence-electron chi connectivity index (χ0n) is 28.5. The van der Waals surface area contributed by atoms with Crippen LogP contribution in [-0.4, -0.2) is 94.6 Å². The van der Waals surface area contributed by atoms with Crippen molar-refractivity contribution >= 4 is 39.9 Å². The normalized spacial score (nSPS) is 25.3. The maximum atomic E-state index is 17.2. The molecule has 2 saturated heterocycles. The molecule has 7 rings (SSSR count). The number of aryl methyl sites for hydroxylation is 1. The first-order chi connectivity index (χ1) is 23.6. The molecule has 1 aliphatic carbocycles. The molecule has 14 heteroatoms. The minimum atomic E-state index is -1.34. The van der Waals surface area contributed by atoms with Crippen molar-refractivity contribution in [3.05, 3.63) is 41.5 Å². The van der Waals surface area contributed by atoms with Gasteiger partial charge in [-0.05, 0) is 80.1 Å². The Morgan fingerprint density at radius 1 is 1.12 bits per heavy atom. The molecule has 4 atom stereocenters. The number of aliphatic hydroxyl groups excluding tert-OH is 1. The van der Waals surface area contributed by atoms with Gasteiger partial charge in [-0.3, -0.25) is 0 Å². The molecule has 2 aliphatic heterocycles. The Balaban J connectivity index is 0.00000432. The number of nitrogens with one attached hydrogen (secondary N) is 1. The van der Waals surface area contributed by atoms with Crippen LogP contribution in [0.25, 0.3) is 32.9 Å². The van der Waals surface area contributed by atoms with E-state index in [2.05, 4.69) is 15.3 Å². The number of nitrogens with zero attached hydrogens (tertiary/aromatic N) is 4. The lowest BCUT2D eigenvalue weighted by molar-refractivity contribution is -0.0528. The van der Waals surface area contributed by atoms with Crippen LogP contribution in [0.3, 0.4) is 0 Å². The number of phenolic OH excluding ortho intramolecular Hbond substituents is 1. The number of pyridine rings is 1. The number of fused-ring (bicyclic) bond motifs is 3. The molecule has 0 radical (unpaired) electrons. The van der Waals surface area contributed by atoms with Gasteiger partial charge in [0.05, 0.1) is 39.6 Å². The van der Waals surface area contributed by atoms with E-state index in [0.717, 1.165) is 38.6 Å². The van der Waals surface area contributed by atoms with Crippen LogP contribution in [0.5, 0.6) is 17.6 Å². The first-order valence-electron chi connectivity index (χ1n) is 17.0. The number of halogens is 3. The van der Waals surface area contributed by atoms with E-state index >= 15 is 8.78 Å². The maximum Gasteiger partial charge on any atom is 0.319 e. The van der Waals surface area contributed by atoms with E-state index in [-0.39, 0.29) is 89.7 Å². The molecule has 4 N–H and O–H groups in total. The number of hydrogen-bond donors (Lipinski definition) is 4. The van der Waals surface area contributed by atoms with E-state index in [1.165, 1.54) is 31.4 Å². The monoisotopic (exact) mass is 715 g/mol. The van der Waals surface area contributed by atoms with E-state index in [9.17, 15) is 15.3 Å². The van der Waals surface area contributed by atoms with Gasteiger partial charge in [-0.25, -0.2) is 13.8 Å². The quantitative estimate of drug-likeness (QED) is 0.194. The van der Waals surface area contributed by atoms with Crippen LogP contribution in [0, 0.1) is 17.0 Å². The summed E-state index contributed by atoms with van der Waals surface area (Å²) < 4.78 is 50.3. The molecular formula is C36H44ClF2N5O6. The fraction of sp³-hybridized carbons (Fsp3) is 0.528. The van der Waals surface area contributed by atoms with Gasteiger partial charge in [-0.15, -0.1) is 12.4 Å². The lowest BCUT2D eigenvalue weighted by Crippen LogP contribution is -2.49. The Labute approximate surface area is 295 Å². The second kappa shape index (κ2) is 14.2. The number of aliphatic hydroxyl groups is 2. The highest BCUT2D eigenvalue weighted by Gasteiger charge is 2.45. The molecule has 0 amide bonds. The highest BCUT2D eigenvalue weighted by Crippen LogP contribution is 2.46. The summed E-state index contributed by atoms with van der Waals surface area (Å²) in [6.07, 6.45) is 4.79. The predicted molar refractivity (Wildman–Crippen MR) is 188 cm³/mol. The number of rotatable bonds is 8. The Morgan fingerprint density at radius 3 is 2.68 bits per heavy atom. The van der Waals surface area contributed by atoms with Crippen LogP contribution in [0.2, 0.25) is 0 Å². The molecule has 4 heterocycles. The molecule has 270 valence electrons. The van der Waals surface area contributed by atoms with Crippen molar-refractivity contribution in [3.63, 3.8) is 0 Å². The lowest BCUT2D eigenvalue weighted by Gasteiger charge is -2.39. The molecule has 4 aromatic rings. The highest BCUT2D eigenvalue weighted by atomic mass is 35.5. The highest BCUT2D eigenvalue weighted by molar-refractivity contribution is 6.03. The number of aromatic hydroxyl groups is 1. The van der Waals surface area contributed by atoms with E-state index in [0.29, 0.717) is 35.4 Å². The minimum Gasteiger partial charge on any atom is -0.508 e. The number of anilines is 1. The minimum absolute atomic E-state index is 0. The second-order valence-corrected chi connectivity index (χ2v) is 14.0. The third-order valence-corrected chi connectivity index (χ3v) is 10.4. The number of phenols is 1.